The highest BCUT2D eigenvalue weighted by Crippen LogP contribution is 2.28. The quantitative estimate of drug-likeness (QED) is 0.297. The van der Waals surface area contributed by atoms with Crippen molar-refractivity contribution in [3.63, 3.8) is 0 Å². The predicted octanol–water partition coefficient (Wildman–Crippen LogP) is 1.93. The summed E-state index contributed by atoms with van der Waals surface area (Å²) in [6, 6.07) is 0.856. The van der Waals surface area contributed by atoms with E-state index < -0.39 is 0 Å². The minimum atomic E-state index is 0.275. The van der Waals surface area contributed by atoms with Crippen LogP contribution in [-0.4, -0.2) is 23.1 Å². The van der Waals surface area contributed by atoms with Crippen molar-refractivity contribution in [1.29, 1.82) is 0 Å². The van der Waals surface area contributed by atoms with Gasteiger partial charge in [0.05, 0.1) is 0 Å². The fourth-order valence-corrected chi connectivity index (χ4v) is 2.69. The van der Waals surface area contributed by atoms with Gasteiger partial charge >= 0.3 is 0 Å². The molecule has 4 atom stereocenters. The highest BCUT2D eigenvalue weighted by Gasteiger charge is 2.26. The second-order valence-corrected chi connectivity index (χ2v) is 5.37. The number of nitrogens with one attached hydrogen (secondary N) is 1. The Morgan fingerprint density at radius 3 is 2.75 bits per heavy atom. The lowest BCUT2D eigenvalue weighted by Gasteiger charge is -2.35. The van der Waals surface area contributed by atoms with Crippen molar-refractivity contribution in [2.24, 2.45) is 22.7 Å². The van der Waals surface area contributed by atoms with Crippen LogP contribution in [0.25, 0.3) is 0 Å². The van der Waals surface area contributed by atoms with Crippen molar-refractivity contribution in [3.8, 4) is 0 Å². The van der Waals surface area contributed by atoms with Crippen LogP contribution in [0, 0.1) is 11.8 Å². The first-order chi connectivity index (χ1) is 7.52. The largest absolute Gasteiger partial charge is 0.409 e. The molecule has 0 aromatic rings. The Hall–Kier alpha value is -0.770. The maximum absolute atomic E-state index is 8.51. The Morgan fingerprint density at radius 2 is 2.19 bits per heavy atom. The monoisotopic (exact) mass is 227 g/mol. The molecule has 1 rings (SSSR count). The molecule has 0 spiro atoms. The molecule has 4 heteroatoms. The summed E-state index contributed by atoms with van der Waals surface area (Å²) in [6.45, 7) is 6.72. The molecule has 94 valence electrons. The summed E-state index contributed by atoms with van der Waals surface area (Å²) in [5.74, 6) is 1.88. The van der Waals surface area contributed by atoms with E-state index in [2.05, 4.69) is 31.2 Å². The fraction of sp³-hybridized carbons (Fsp3) is 0.917. The second-order valence-electron chi connectivity index (χ2n) is 5.37. The molecule has 0 heterocycles. The van der Waals surface area contributed by atoms with E-state index in [1.807, 2.05) is 0 Å². The molecule has 0 bridgehead atoms. The maximum Gasteiger partial charge on any atom is 0.140 e. The summed E-state index contributed by atoms with van der Waals surface area (Å²) in [4.78, 5) is 0. The molecule has 0 amide bonds. The van der Waals surface area contributed by atoms with E-state index >= 15 is 0 Å². The SMILES string of the molecule is CC1CCC(NC(C)CC(N)=NO)C(C)C1. The smallest absolute Gasteiger partial charge is 0.140 e. The minimum absolute atomic E-state index is 0.275. The Kier molecular flexibility index (Phi) is 5.06. The van der Waals surface area contributed by atoms with E-state index in [0.717, 1.165) is 11.8 Å². The summed E-state index contributed by atoms with van der Waals surface area (Å²) < 4.78 is 0. The van der Waals surface area contributed by atoms with Gasteiger partial charge in [-0.25, -0.2) is 0 Å². The molecule has 4 unspecified atom stereocenters. The Labute approximate surface area is 98.3 Å². The topological polar surface area (TPSA) is 70.6 Å². The molecule has 1 aliphatic carbocycles. The zero-order valence-corrected chi connectivity index (χ0v) is 10.6. The predicted molar refractivity (Wildman–Crippen MR) is 66.6 cm³/mol. The molecule has 0 aromatic carbocycles. The summed E-state index contributed by atoms with van der Waals surface area (Å²) in [5.41, 5.74) is 5.50. The highest BCUT2D eigenvalue weighted by molar-refractivity contribution is 5.80. The highest BCUT2D eigenvalue weighted by atomic mass is 16.4. The van der Waals surface area contributed by atoms with Crippen LogP contribution in [0.1, 0.15) is 46.5 Å². The number of amidine groups is 1. The van der Waals surface area contributed by atoms with Gasteiger partial charge in [0.1, 0.15) is 5.84 Å². The zero-order chi connectivity index (χ0) is 12.1. The molecular formula is C12H25N3O. The van der Waals surface area contributed by atoms with Crippen molar-refractivity contribution in [3.05, 3.63) is 0 Å². The summed E-state index contributed by atoms with van der Waals surface area (Å²) in [7, 11) is 0. The molecule has 1 aliphatic rings. The lowest BCUT2D eigenvalue weighted by molar-refractivity contribution is 0.216. The second kappa shape index (κ2) is 6.09. The summed E-state index contributed by atoms with van der Waals surface area (Å²) in [5, 5.41) is 15.1. The first-order valence-electron chi connectivity index (χ1n) is 6.25. The van der Waals surface area contributed by atoms with Gasteiger partial charge in [0.25, 0.3) is 0 Å². The molecule has 16 heavy (non-hydrogen) atoms. The third-order valence-corrected chi connectivity index (χ3v) is 3.57. The van der Waals surface area contributed by atoms with Gasteiger partial charge in [-0.1, -0.05) is 19.0 Å². The van der Waals surface area contributed by atoms with Crippen LogP contribution in [-0.2, 0) is 0 Å². The molecular weight excluding hydrogens is 202 g/mol. The number of nitrogens with zero attached hydrogens (tertiary/aromatic N) is 1. The maximum atomic E-state index is 8.51. The first-order valence-corrected chi connectivity index (χ1v) is 6.25. The van der Waals surface area contributed by atoms with Crippen LogP contribution in [0.2, 0.25) is 0 Å². The van der Waals surface area contributed by atoms with E-state index in [1.54, 1.807) is 0 Å². The number of rotatable bonds is 4. The van der Waals surface area contributed by atoms with Crippen molar-refractivity contribution in [1.82, 2.24) is 5.32 Å². The van der Waals surface area contributed by atoms with E-state index in [9.17, 15) is 0 Å². The number of hydrogen-bond acceptors (Lipinski definition) is 3. The van der Waals surface area contributed by atoms with E-state index in [1.165, 1.54) is 19.3 Å². The van der Waals surface area contributed by atoms with Gasteiger partial charge in [-0.15, -0.1) is 0 Å². The van der Waals surface area contributed by atoms with Crippen molar-refractivity contribution >= 4 is 5.84 Å². The minimum Gasteiger partial charge on any atom is -0.409 e. The van der Waals surface area contributed by atoms with E-state index in [-0.39, 0.29) is 6.04 Å². The number of oxime groups is 1. The molecule has 1 saturated carbocycles. The van der Waals surface area contributed by atoms with Gasteiger partial charge in [-0.05, 0) is 38.0 Å². The lowest BCUT2D eigenvalue weighted by atomic mass is 9.79. The van der Waals surface area contributed by atoms with Crippen LogP contribution in [0.3, 0.4) is 0 Å². The van der Waals surface area contributed by atoms with Crippen LogP contribution < -0.4 is 11.1 Å². The zero-order valence-electron chi connectivity index (χ0n) is 10.6. The molecule has 0 saturated heterocycles. The number of hydrogen-bond donors (Lipinski definition) is 3. The van der Waals surface area contributed by atoms with Gasteiger partial charge in [0, 0.05) is 18.5 Å². The lowest BCUT2D eigenvalue weighted by Crippen LogP contribution is -2.44. The fourth-order valence-electron chi connectivity index (χ4n) is 2.69. The van der Waals surface area contributed by atoms with Gasteiger partial charge < -0.3 is 16.3 Å². The van der Waals surface area contributed by atoms with Gasteiger partial charge in [-0.2, -0.15) is 0 Å². The average molecular weight is 227 g/mol. The number of nitrogens with two attached hydrogens (primary N) is 1. The average Bonchev–Trinajstić information content (AvgIpc) is 2.22. The van der Waals surface area contributed by atoms with Crippen LogP contribution in [0.4, 0.5) is 0 Å². The van der Waals surface area contributed by atoms with Gasteiger partial charge in [0.2, 0.25) is 0 Å². The van der Waals surface area contributed by atoms with Crippen LogP contribution in [0.5, 0.6) is 0 Å². The molecule has 0 aromatic heterocycles. The Morgan fingerprint density at radius 1 is 1.50 bits per heavy atom. The standard InChI is InChI=1S/C12H25N3O/c1-8-4-5-11(9(2)6-8)14-10(3)7-12(13)15-16/h8-11,14,16H,4-7H2,1-3H3,(H2,13,15). The normalized spacial score (nSPS) is 33.7. The van der Waals surface area contributed by atoms with E-state index in [4.69, 9.17) is 10.9 Å². The van der Waals surface area contributed by atoms with Crippen molar-refractivity contribution in [2.45, 2.75) is 58.5 Å². The van der Waals surface area contributed by atoms with Crippen molar-refractivity contribution < 1.29 is 5.21 Å². The summed E-state index contributed by atoms with van der Waals surface area (Å²) in [6.07, 6.45) is 4.45. The molecule has 0 aliphatic heterocycles. The van der Waals surface area contributed by atoms with Gasteiger partial charge in [-0.3, -0.25) is 0 Å². The molecule has 4 N–H and O–H groups in total. The van der Waals surface area contributed by atoms with Crippen molar-refractivity contribution in [2.75, 3.05) is 0 Å². The first kappa shape index (κ1) is 13.3. The third kappa shape index (κ3) is 4.00. The molecule has 4 nitrogen and oxygen atoms in total. The Bertz CT molecular complexity index is 242. The third-order valence-electron chi connectivity index (χ3n) is 3.57. The van der Waals surface area contributed by atoms with Crippen LogP contribution >= 0.6 is 0 Å². The van der Waals surface area contributed by atoms with Crippen LogP contribution in [0.15, 0.2) is 5.16 Å². The molecule has 1 fully saturated rings. The van der Waals surface area contributed by atoms with Gasteiger partial charge in [0.15, 0.2) is 0 Å². The van der Waals surface area contributed by atoms with E-state index in [0.29, 0.717) is 18.3 Å². The molecule has 0 radical (unpaired) electrons. The Balaban J connectivity index is 2.36. The summed E-state index contributed by atoms with van der Waals surface area (Å²) >= 11 is 0.